The van der Waals surface area contributed by atoms with Crippen molar-refractivity contribution in [1.82, 2.24) is 20.0 Å². The molecule has 9 nitrogen and oxygen atoms in total. The van der Waals surface area contributed by atoms with Crippen LogP contribution in [-0.4, -0.2) is 78.8 Å². The Labute approximate surface area is 208 Å². The molecule has 1 fully saturated rings. The van der Waals surface area contributed by atoms with E-state index in [0.717, 1.165) is 16.9 Å². The maximum Gasteiger partial charge on any atom is 0.274 e. The molecule has 1 N–H and O–H groups in total. The Morgan fingerprint density at radius 3 is 2.36 bits per heavy atom. The quantitative estimate of drug-likeness (QED) is 0.588. The monoisotopic (exact) mass is 493 g/mol. The number of piperazine rings is 1. The largest absolute Gasteiger partial charge is 0.497 e. The number of carbonyl (C=O) groups excluding carboxylic acids is 2. The van der Waals surface area contributed by atoms with Crippen LogP contribution in [0.4, 0.5) is 10.1 Å². The van der Waals surface area contributed by atoms with E-state index >= 15 is 0 Å². The first kappa shape index (κ1) is 23.7. The Morgan fingerprint density at radius 2 is 1.67 bits per heavy atom. The van der Waals surface area contributed by atoms with Crippen LogP contribution in [-0.2, 0) is 13.0 Å². The first-order valence-electron chi connectivity index (χ1n) is 11.9. The first-order valence-corrected chi connectivity index (χ1v) is 11.9. The molecule has 0 aliphatic carbocycles. The summed E-state index contributed by atoms with van der Waals surface area (Å²) in [5.41, 5.74) is 3.38. The van der Waals surface area contributed by atoms with E-state index in [1.807, 2.05) is 0 Å². The zero-order valence-corrected chi connectivity index (χ0v) is 20.3. The molecule has 0 atom stereocenters. The Balaban J connectivity index is 1.28. The van der Waals surface area contributed by atoms with Crippen LogP contribution in [0.5, 0.6) is 11.5 Å². The van der Waals surface area contributed by atoms with Crippen molar-refractivity contribution in [2.45, 2.75) is 13.0 Å². The molecular formula is C26H28FN5O4. The summed E-state index contributed by atoms with van der Waals surface area (Å²) in [5.74, 6) is 0.448. The average Bonchev–Trinajstić information content (AvgIpc) is 3.35. The van der Waals surface area contributed by atoms with Crippen LogP contribution in [0.15, 0.2) is 42.5 Å². The van der Waals surface area contributed by atoms with Crippen LogP contribution in [0.3, 0.4) is 0 Å². The van der Waals surface area contributed by atoms with E-state index < -0.39 is 0 Å². The Morgan fingerprint density at radius 1 is 0.917 bits per heavy atom. The molecule has 0 spiro atoms. The molecule has 0 bridgehead atoms. The zero-order chi connectivity index (χ0) is 25.2. The van der Waals surface area contributed by atoms with Crippen LogP contribution >= 0.6 is 0 Å². The van der Waals surface area contributed by atoms with Gasteiger partial charge in [0.05, 0.1) is 26.3 Å². The number of aromatic nitrogens is 2. The van der Waals surface area contributed by atoms with Crippen molar-refractivity contribution in [1.29, 1.82) is 0 Å². The molecule has 1 saturated heterocycles. The van der Waals surface area contributed by atoms with Gasteiger partial charge in [0, 0.05) is 62.2 Å². The van der Waals surface area contributed by atoms with Gasteiger partial charge in [-0.2, -0.15) is 5.10 Å². The van der Waals surface area contributed by atoms with E-state index in [-0.39, 0.29) is 24.2 Å². The maximum absolute atomic E-state index is 13.4. The number of anilines is 1. The van der Waals surface area contributed by atoms with Gasteiger partial charge < -0.3 is 24.2 Å². The molecule has 2 aliphatic heterocycles. The number of methoxy groups -OCH3 is 2. The van der Waals surface area contributed by atoms with Crippen molar-refractivity contribution in [2.24, 2.45) is 0 Å². The molecule has 5 rings (SSSR count). The van der Waals surface area contributed by atoms with E-state index in [4.69, 9.17) is 9.47 Å². The number of aromatic amines is 1. The van der Waals surface area contributed by atoms with Crippen molar-refractivity contribution < 1.29 is 23.5 Å². The zero-order valence-electron chi connectivity index (χ0n) is 20.3. The molecule has 0 saturated carbocycles. The van der Waals surface area contributed by atoms with Crippen molar-refractivity contribution in [3.05, 3.63) is 70.8 Å². The Kier molecular flexibility index (Phi) is 6.49. The topological polar surface area (TPSA) is 91.0 Å². The highest BCUT2D eigenvalue weighted by Gasteiger charge is 2.32. The number of nitrogens with one attached hydrogen (secondary N) is 1. The summed E-state index contributed by atoms with van der Waals surface area (Å²) >= 11 is 0. The van der Waals surface area contributed by atoms with E-state index in [9.17, 15) is 14.0 Å². The number of amides is 2. The van der Waals surface area contributed by atoms with Gasteiger partial charge in [0.15, 0.2) is 5.69 Å². The lowest BCUT2D eigenvalue weighted by atomic mass is 10.0. The number of fused-ring (bicyclic) bond motifs is 1. The smallest absolute Gasteiger partial charge is 0.274 e. The molecule has 188 valence electrons. The van der Waals surface area contributed by atoms with Gasteiger partial charge in [-0.15, -0.1) is 0 Å². The molecule has 2 aromatic carbocycles. The molecular weight excluding hydrogens is 465 g/mol. The number of halogens is 1. The summed E-state index contributed by atoms with van der Waals surface area (Å²) in [6.07, 6.45) is 0.582. The first-order chi connectivity index (χ1) is 17.5. The van der Waals surface area contributed by atoms with Gasteiger partial charge >= 0.3 is 0 Å². The van der Waals surface area contributed by atoms with E-state index in [1.54, 1.807) is 47.2 Å². The minimum Gasteiger partial charge on any atom is -0.497 e. The van der Waals surface area contributed by atoms with Crippen LogP contribution in [0.25, 0.3) is 0 Å². The third-order valence-corrected chi connectivity index (χ3v) is 6.82. The minimum absolute atomic E-state index is 0.150. The summed E-state index contributed by atoms with van der Waals surface area (Å²) in [5, 5.41) is 7.33. The molecule has 3 heterocycles. The average molecular weight is 494 g/mol. The lowest BCUT2D eigenvalue weighted by Crippen LogP contribution is -2.49. The lowest BCUT2D eigenvalue weighted by Gasteiger charge is -2.36. The number of H-pyrrole nitrogens is 1. The fourth-order valence-electron chi connectivity index (χ4n) is 4.76. The summed E-state index contributed by atoms with van der Waals surface area (Å²) in [7, 11) is 3.07. The number of ether oxygens (including phenoxy) is 2. The number of nitrogens with zero attached hydrogens (tertiary/aromatic N) is 4. The third kappa shape index (κ3) is 4.46. The lowest BCUT2D eigenvalue weighted by molar-refractivity contribution is 0.0707. The Bertz CT molecular complexity index is 1270. The Hall–Kier alpha value is -4.08. The second-order valence-electron chi connectivity index (χ2n) is 8.83. The highest BCUT2D eigenvalue weighted by molar-refractivity contribution is 5.98. The third-order valence-electron chi connectivity index (χ3n) is 6.82. The van der Waals surface area contributed by atoms with Crippen LogP contribution in [0.1, 0.15) is 32.1 Å². The predicted octanol–water partition coefficient (Wildman–Crippen LogP) is 2.73. The summed E-state index contributed by atoms with van der Waals surface area (Å²) in [4.78, 5) is 32.3. The summed E-state index contributed by atoms with van der Waals surface area (Å²) < 4.78 is 23.9. The number of hydrogen-bond acceptors (Lipinski definition) is 6. The van der Waals surface area contributed by atoms with Gasteiger partial charge in [-0.25, -0.2) is 4.39 Å². The fourth-order valence-corrected chi connectivity index (χ4v) is 4.76. The highest BCUT2D eigenvalue weighted by atomic mass is 19.1. The highest BCUT2D eigenvalue weighted by Crippen LogP contribution is 2.29. The molecule has 0 radical (unpaired) electrons. The summed E-state index contributed by atoms with van der Waals surface area (Å²) in [6, 6.07) is 11.5. The van der Waals surface area contributed by atoms with Gasteiger partial charge in [0.25, 0.3) is 11.8 Å². The van der Waals surface area contributed by atoms with Crippen molar-refractivity contribution in [2.75, 3.05) is 51.8 Å². The van der Waals surface area contributed by atoms with Crippen molar-refractivity contribution in [3.63, 3.8) is 0 Å². The molecule has 3 aromatic rings. The molecule has 10 heteroatoms. The van der Waals surface area contributed by atoms with Crippen molar-refractivity contribution in [3.8, 4) is 11.5 Å². The van der Waals surface area contributed by atoms with Crippen LogP contribution in [0.2, 0.25) is 0 Å². The number of hydrogen-bond donors (Lipinski definition) is 1. The van der Waals surface area contributed by atoms with Crippen molar-refractivity contribution >= 4 is 17.5 Å². The van der Waals surface area contributed by atoms with Crippen LogP contribution in [0, 0.1) is 5.82 Å². The second-order valence-corrected chi connectivity index (χ2v) is 8.83. The number of carbonyl (C=O) groups is 2. The van der Waals surface area contributed by atoms with E-state index in [1.165, 1.54) is 19.2 Å². The molecule has 1 aromatic heterocycles. The fraction of sp³-hybridized carbons (Fsp3) is 0.346. The van der Waals surface area contributed by atoms with Crippen LogP contribution < -0.4 is 14.4 Å². The van der Waals surface area contributed by atoms with Gasteiger partial charge in [0.2, 0.25) is 0 Å². The molecule has 36 heavy (non-hydrogen) atoms. The van der Waals surface area contributed by atoms with Gasteiger partial charge in [-0.3, -0.25) is 14.7 Å². The second kappa shape index (κ2) is 9.88. The summed E-state index contributed by atoms with van der Waals surface area (Å²) in [6.45, 7) is 3.15. The molecule has 2 amide bonds. The normalized spacial score (nSPS) is 15.5. The van der Waals surface area contributed by atoms with Gasteiger partial charge in [-0.05, 0) is 36.4 Å². The molecule has 0 unspecified atom stereocenters. The van der Waals surface area contributed by atoms with E-state index in [2.05, 4.69) is 15.1 Å². The SMILES string of the molecule is COc1ccc(C(=O)N2CCc3[nH]nc(C(=O)N4CCN(c5ccc(F)cc5)CC4)c3C2)c(OC)c1. The number of benzene rings is 2. The van der Waals surface area contributed by atoms with Gasteiger partial charge in [0.1, 0.15) is 17.3 Å². The minimum atomic E-state index is -0.270. The molecule has 2 aliphatic rings. The van der Waals surface area contributed by atoms with E-state index in [0.29, 0.717) is 61.9 Å². The standard InChI is InChI=1S/C26H28FN5O4/c1-35-19-7-8-20(23(15-19)36-2)25(33)32-10-9-22-21(16-32)24(29-28-22)26(34)31-13-11-30(12-14-31)18-5-3-17(27)4-6-18/h3-8,15H,9-14,16H2,1-2H3,(H,28,29). The maximum atomic E-state index is 13.4. The number of rotatable bonds is 5. The predicted molar refractivity (Wildman–Crippen MR) is 131 cm³/mol. The van der Waals surface area contributed by atoms with Gasteiger partial charge in [-0.1, -0.05) is 0 Å².